The molecule has 8 heteroatoms. The molecule has 1 heterocycles. The van der Waals surface area contributed by atoms with E-state index in [0.717, 1.165) is 6.26 Å². The summed E-state index contributed by atoms with van der Waals surface area (Å²) in [5.74, 6) is 0.869. The maximum Gasteiger partial charge on any atom is 0.225 e. The van der Waals surface area contributed by atoms with E-state index in [4.69, 9.17) is 9.15 Å². The van der Waals surface area contributed by atoms with Gasteiger partial charge in [-0.1, -0.05) is 6.07 Å². The van der Waals surface area contributed by atoms with Crippen LogP contribution in [0.25, 0.3) is 0 Å². The number of benzene rings is 1. The third kappa shape index (κ3) is 5.39. The van der Waals surface area contributed by atoms with Gasteiger partial charge in [-0.15, -0.1) is 0 Å². The van der Waals surface area contributed by atoms with Crippen molar-refractivity contribution in [3.8, 4) is 5.75 Å². The predicted octanol–water partition coefficient (Wildman–Crippen LogP) is 2.08. The summed E-state index contributed by atoms with van der Waals surface area (Å²) in [6, 6.07) is 10.3. The summed E-state index contributed by atoms with van der Waals surface area (Å²) in [6.45, 7) is 0.160. The molecule has 0 fully saturated rings. The molecule has 0 aliphatic rings. The molecule has 1 aromatic carbocycles. The van der Waals surface area contributed by atoms with Gasteiger partial charge in [0.2, 0.25) is 15.9 Å². The van der Waals surface area contributed by atoms with Crippen LogP contribution in [-0.4, -0.2) is 38.5 Å². The van der Waals surface area contributed by atoms with E-state index in [0.29, 0.717) is 17.2 Å². The van der Waals surface area contributed by atoms with Gasteiger partial charge in [-0.2, -0.15) is 4.31 Å². The lowest BCUT2D eigenvalue weighted by atomic mass is 10.3. The van der Waals surface area contributed by atoms with Crippen molar-refractivity contribution >= 4 is 21.6 Å². The maximum atomic E-state index is 12.0. The minimum absolute atomic E-state index is 0.0327. The number of carbonyl (C=O) groups is 1. The number of nitrogens with zero attached hydrogens (tertiary/aromatic N) is 1. The molecule has 1 amide bonds. The van der Waals surface area contributed by atoms with Crippen LogP contribution in [0.15, 0.2) is 47.1 Å². The van der Waals surface area contributed by atoms with Gasteiger partial charge < -0.3 is 14.5 Å². The molecular formula is C16H20N2O5S. The van der Waals surface area contributed by atoms with Gasteiger partial charge in [0.25, 0.3) is 0 Å². The van der Waals surface area contributed by atoms with Crippen molar-refractivity contribution in [3.63, 3.8) is 0 Å². The first-order valence-electron chi connectivity index (χ1n) is 7.30. The fraction of sp³-hybridized carbons (Fsp3) is 0.312. The fourth-order valence-corrected chi connectivity index (χ4v) is 2.87. The topological polar surface area (TPSA) is 88.8 Å². The van der Waals surface area contributed by atoms with Gasteiger partial charge in [-0.05, 0) is 24.3 Å². The Kier molecular flexibility index (Phi) is 5.99. The minimum Gasteiger partial charge on any atom is -0.497 e. The quantitative estimate of drug-likeness (QED) is 0.786. The zero-order valence-corrected chi connectivity index (χ0v) is 14.4. The highest BCUT2D eigenvalue weighted by Crippen LogP contribution is 2.17. The number of furan rings is 1. The Bertz CT molecular complexity index is 772. The summed E-state index contributed by atoms with van der Waals surface area (Å²) < 4.78 is 35.2. The van der Waals surface area contributed by atoms with E-state index in [1.54, 1.807) is 43.5 Å². The molecule has 0 saturated heterocycles. The molecule has 0 bridgehead atoms. The first-order chi connectivity index (χ1) is 11.4. The summed E-state index contributed by atoms with van der Waals surface area (Å²) >= 11 is 0. The first-order valence-corrected chi connectivity index (χ1v) is 9.15. The Morgan fingerprint density at radius 2 is 2.08 bits per heavy atom. The molecule has 0 spiro atoms. The van der Waals surface area contributed by atoms with Crippen LogP contribution in [-0.2, 0) is 21.4 Å². The maximum absolute atomic E-state index is 12.0. The Morgan fingerprint density at radius 1 is 1.29 bits per heavy atom. The second kappa shape index (κ2) is 7.98. The summed E-state index contributed by atoms with van der Waals surface area (Å²) in [5.41, 5.74) is 0.594. The van der Waals surface area contributed by atoms with E-state index >= 15 is 0 Å². The van der Waals surface area contributed by atoms with Crippen LogP contribution in [0.1, 0.15) is 12.2 Å². The Morgan fingerprint density at radius 3 is 2.71 bits per heavy atom. The SMILES string of the molecule is COc1cccc(NC(=O)CCN(Cc2ccco2)S(C)(=O)=O)c1. The molecule has 0 unspecified atom stereocenters. The normalized spacial score (nSPS) is 11.5. The van der Waals surface area contributed by atoms with Gasteiger partial charge in [-0.3, -0.25) is 4.79 Å². The third-order valence-corrected chi connectivity index (χ3v) is 4.57. The van der Waals surface area contributed by atoms with E-state index < -0.39 is 10.0 Å². The van der Waals surface area contributed by atoms with Gasteiger partial charge in [0.1, 0.15) is 11.5 Å². The second-order valence-corrected chi connectivity index (χ2v) is 7.19. The van der Waals surface area contributed by atoms with Crippen molar-refractivity contribution < 1.29 is 22.4 Å². The molecule has 2 aromatic rings. The summed E-state index contributed by atoms with van der Waals surface area (Å²) in [7, 11) is -1.91. The monoisotopic (exact) mass is 352 g/mol. The van der Waals surface area contributed by atoms with Gasteiger partial charge >= 0.3 is 0 Å². The average molecular weight is 352 g/mol. The lowest BCUT2D eigenvalue weighted by molar-refractivity contribution is -0.116. The lowest BCUT2D eigenvalue weighted by Crippen LogP contribution is -2.32. The van der Waals surface area contributed by atoms with Crippen molar-refractivity contribution in [2.24, 2.45) is 0 Å². The van der Waals surface area contributed by atoms with Gasteiger partial charge in [0, 0.05) is 24.7 Å². The zero-order valence-electron chi connectivity index (χ0n) is 13.6. The highest BCUT2D eigenvalue weighted by atomic mass is 32.2. The molecule has 24 heavy (non-hydrogen) atoms. The third-order valence-electron chi connectivity index (χ3n) is 3.32. The number of anilines is 1. The van der Waals surface area contributed by atoms with Gasteiger partial charge in [-0.25, -0.2) is 8.42 Å². The molecule has 0 saturated carbocycles. The molecule has 1 aromatic heterocycles. The van der Waals surface area contributed by atoms with Crippen molar-refractivity contribution in [2.45, 2.75) is 13.0 Å². The Balaban J connectivity index is 1.94. The van der Waals surface area contributed by atoms with Crippen LogP contribution in [0.5, 0.6) is 5.75 Å². The van der Waals surface area contributed by atoms with Crippen molar-refractivity contribution in [1.29, 1.82) is 0 Å². The van der Waals surface area contributed by atoms with Crippen LogP contribution in [0.4, 0.5) is 5.69 Å². The van der Waals surface area contributed by atoms with Crippen LogP contribution in [0.2, 0.25) is 0 Å². The van der Waals surface area contributed by atoms with E-state index in [1.807, 2.05) is 0 Å². The highest BCUT2D eigenvalue weighted by Gasteiger charge is 2.19. The fourth-order valence-electron chi connectivity index (χ4n) is 2.09. The lowest BCUT2D eigenvalue weighted by Gasteiger charge is -2.18. The largest absolute Gasteiger partial charge is 0.497 e. The molecule has 2 rings (SSSR count). The zero-order chi connectivity index (χ0) is 17.6. The van der Waals surface area contributed by atoms with Gasteiger partial charge in [0.15, 0.2) is 0 Å². The molecule has 0 radical (unpaired) electrons. The number of sulfonamides is 1. The predicted molar refractivity (Wildman–Crippen MR) is 90.2 cm³/mol. The average Bonchev–Trinajstić information content (AvgIpc) is 3.03. The first kappa shape index (κ1) is 18.0. The van der Waals surface area contributed by atoms with Crippen molar-refractivity contribution in [2.75, 3.05) is 25.2 Å². The van der Waals surface area contributed by atoms with Crippen LogP contribution in [0, 0.1) is 0 Å². The van der Waals surface area contributed by atoms with Crippen LogP contribution < -0.4 is 10.1 Å². The number of nitrogens with one attached hydrogen (secondary N) is 1. The molecular weight excluding hydrogens is 332 g/mol. The van der Waals surface area contributed by atoms with Crippen LogP contribution in [0.3, 0.4) is 0 Å². The number of hydrogen-bond donors (Lipinski definition) is 1. The van der Waals surface area contributed by atoms with E-state index in [2.05, 4.69) is 5.32 Å². The Labute approximate surface area is 141 Å². The van der Waals surface area contributed by atoms with Gasteiger partial charge in [0.05, 0.1) is 26.2 Å². The summed E-state index contributed by atoms with van der Waals surface area (Å²) in [6.07, 6.45) is 2.62. The van der Waals surface area contributed by atoms with E-state index in [-0.39, 0.29) is 25.4 Å². The second-order valence-electron chi connectivity index (χ2n) is 5.21. The Hall–Kier alpha value is -2.32. The van der Waals surface area contributed by atoms with E-state index in [9.17, 15) is 13.2 Å². The summed E-state index contributed by atoms with van der Waals surface area (Å²) in [5, 5.41) is 2.72. The molecule has 130 valence electrons. The van der Waals surface area contributed by atoms with Crippen molar-refractivity contribution in [1.82, 2.24) is 4.31 Å². The molecule has 7 nitrogen and oxygen atoms in total. The van der Waals surface area contributed by atoms with Crippen molar-refractivity contribution in [3.05, 3.63) is 48.4 Å². The highest BCUT2D eigenvalue weighted by molar-refractivity contribution is 7.88. The number of carbonyl (C=O) groups excluding carboxylic acids is 1. The number of rotatable bonds is 8. The van der Waals surface area contributed by atoms with Crippen LogP contribution >= 0.6 is 0 Å². The van der Waals surface area contributed by atoms with E-state index in [1.165, 1.54) is 10.6 Å². The smallest absolute Gasteiger partial charge is 0.225 e. The molecule has 0 aliphatic heterocycles. The number of amides is 1. The number of ether oxygens (including phenoxy) is 1. The minimum atomic E-state index is -3.45. The standard InChI is InChI=1S/C16H20N2O5S/c1-22-14-6-3-5-13(11-14)17-16(19)8-9-18(24(2,20)21)12-15-7-4-10-23-15/h3-7,10-11H,8-9,12H2,1-2H3,(H,17,19). The number of hydrogen-bond acceptors (Lipinski definition) is 5. The summed E-state index contributed by atoms with van der Waals surface area (Å²) in [4.78, 5) is 12.0. The molecule has 0 atom stereocenters. The number of methoxy groups -OCH3 is 1. The molecule has 0 aliphatic carbocycles. The molecule has 1 N–H and O–H groups in total.